The second-order valence-corrected chi connectivity index (χ2v) is 4.85. The molecule has 0 atom stereocenters. The first-order valence-electron chi connectivity index (χ1n) is 6.67. The molecule has 3 rings (SSSR count). The van der Waals surface area contributed by atoms with Crippen LogP contribution in [0, 0.1) is 5.82 Å². The van der Waals surface area contributed by atoms with Crippen molar-refractivity contribution in [3.8, 4) is 11.5 Å². The van der Waals surface area contributed by atoms with E-state index in [2.05, 4.69) is 9.97 Å². The smallest absolute Gasteiger partial charge is 0.225 e. The summed E-state index contributed by atoms with van der Waals surface area (Å²) >= 11 is 0. The molecule has 0 radical (unpaired) electrons. The fraction of sp³-hybridized carbons (Fsp3) is 0.333. The van der Waals surface area contributed by atoms with Gasteiger partial charge in [0.2, 0.25) is 5.95 Å². The van der Waals surface area contributed by atoms with E-state index in [1.54, 1.807) is 14.2 Å². The van der Waals surface area contributed by atoms with Crippen molar-refractivity contribution in [2.75, 3.05) is 25.7 Å². The van der Waals surface area contributed by atoms with Gasteiger partial charge >= 0.3 is 0 Å². The Morgan fingerprint density at radius 2 is 1.67 bits per heavy atom. The van der Waals surface area contributed by atoms with Gasteiger partial charge in [0.1, 0.15) is 0 Å². The van der Waals surface area contributed by atoms with Gasteiger partial charge in [-0.25, -0.2) is 14.4 Å². The molecule has 0 spiro atoms. The number of fused-ring (bicyclic) bond motifs is 1. The lowest BCUT2D eigenvalue weighted by atomic mass is 9.99. The molecular formula is C15H16FN3O2. The Kier molecular flexibility index (Phi) is 3.60. The first-order chi connectivity index (χ1) is 10.2. The van der Waals surface area contributed by atoms with Crippen LogP contribution in [0.3, 0.4) is 0 Å². The van der Waals surface area contributed by atoms with E-state index in [-0.39, 0.29) is 0 Å². The van der Waals surface area contributed by atoms with Gasteiger partial charge in [0.05, 0.1) is 26.6 Å². The van der Waals surface area contributed by atoms with Crippen LogP contribution in [0.4, 0.5) is 10.3 Å². The van der Waals surface area contributed by atoms with Crippen molar-refractivity contribution < 1.29 is 13.9 Å². The molecule has 0 unspecified atom stereocenters. The maximum atomic E-state index is 12.9. The first kappa shape index (κ1) is 13.6. The number of ether oxygens (including phenoxy) is 2. The highest BCUT2D eigenvalue weighted by Gasteiger charge is 2.21. The van der Waals surface area contributed by atoms with Gasteiger partial charge in [-0.1, -0.05) is 0 Å². The molecule has 1 aromatic carbocycles. The Hall–Kier alpha value is -2.37. The topological polar surface area (TPSA) is 47.5 Å². The van der Waals surface area contributed by atoms with Crippen LogP contribution >= 0.6 is 0 Å². The minimum atomic E-state index is -0.428. The molecule has 1 aromatic heterocycles. The molecule has 21 heavy (non-hydrogen) atoms. The van der Waals surface area contributed by atoms with E-state index in [1.165, 1.54) is 18.0 Å². The molecule has 0 N–H and O–H groups in total. The van der Waals surface area contributed by atoms with E-state index in [4.69, 9.17) is 9.47 Å². The van der Waals surface area contributed by atoms with E-state index < -0.39 is 5.82 Å². The predicted molar refractivity (Wildman–Crippen MR) is 76.3 cm³/mol. The molecule has 0 amide bonds. The van der Waals surface area contributed by atoms with E-state index >= 15 is 0 Å². The van der Waals surface area contributed by atoms with E-state index in [9.17, 15) is 4.39 Å². The third-order valence-corrected chi connectivity index (χ3v) is 3.61. The molecule has 2 heterocycles. The number of hydrogen-bond donors (Lipinski definition) is 0. The Bertz CT molecular complexity index is 646. The van der Waals surface area contributed by atoms with Gasteiger partial charge in [-0.2, -0.15) is 0 Å². The van der Waals surface area contributed by atoms with Crippen molar-refractivity contribution in [3.63, 3.8) is 0 Å². The quantitative estimate of drug-likeness (QED) is 0.867. The highest BCUT2D eigenvalue weighted by Crippen LogP contribution is 2.33. The SMILES string of the molecule is COc1cc2c(cc1OC)CN(c1ncc(F)cn1)CC2. The lowest BCUT2D eigenvalue weighted by Crippen LogP contribution is -2.31. The van der Waals surface area contributed by atoms with Gasteiger partial charge < -0.3 is 14.4 Å². The molecule has 110 valence electrons. The van der Waals surface area contributed by atoms with Crippen LogP contribution in [0.25, 0.3) is 0 Å². The number of nitrogens with zero attached hydrogens (tertiary/aromatic N) is 3. The van der Waals surface area contributed by atoms with Gasteiger partial charge in [0.15, 0.2) is 17.3 Å². The average molecular weight is 289 g/mol. The lowest BCUT2D eigenvalue weighted by molar-refractivity contribution is 0.353. The molecule has 0 saturated carbocycles. The summed E-state index contributed by atoms with van der Waals surface area (Å²) in [6.07, 6.45) is 3.23. The molecule has 1 aliphatic rings. The highest BCUT2D eigenvalue weighted by atomic mass is 19.1. The van der Waals surface area contributed by atoms with Crippen LogP contribution in [0.2, 0.25) is 0 Å². The van der Waals surface area contributed by atoms with Gasteiger partial charge in [0, 0.05) is 13.1 Å². The standard InChI is InChI=1S/C15H16FN3O2/c1-20-13-5-10-3-4-19(9-11(10)6-14(13)21-2)15-17-7-12(16)8-18-15/h5-8H,3-4,9H2,1-2H3. The van der Waals surface area contributed by atoms with Gasteiger partial charge in [-0.15, -0.1) is 0 Å². The Morgan fingerprint density at radius 3 is 2.29 bits per heavy atom. The summed E-state index contributed by atoms with van der Waals surface area (Å²) < 4.78 is 23.6. The summed E-state index contributed by atoms with van der Waals surface area (Å²) in [7, 11) is 3.25. The lowest BCUT2D eigenvalue weighted by Gasteiger charge is -2.29. The van der Waals surface area contributed by atoms with E-state index in [1.807, 2.05) is 17.0 Å². The zero-order chi connectivity index (χ0) is 14.8. The van der Waals surface area contributed by atoms with Crippen molar-refractivity contribution >= 4 is 5.95 Å². The maximum Gasteiger partial charge on any atom is 0.225 e. The zero-order valence-corrected chi connectivity index (χ0v) is 12.0. The summed E-state index contributed by atoms with van der Waals surface area (Å²) in [5.41, 5.74) is 2.37. The van der Waals surface area contributed by atoms with Gasteiger partial charge in [-0.3, -0.25) is 0 Å². The van der Waals surface area contributed by atoms with Crippen LogP contribution in [0.5, 0.6) is 11.5 Å². The van der Waals surface area contributed by atoms with Crippen LogP contribution in [-0.2, 0) is 13.0 Å². The van der Waals surface area contributed by atoms with Crippen LogP contribution in [0.1, 0.15) is 11.1 Å². The zero-order valence-electron chi connectivity index (χ0n) is 12.0. The molecule has 1 aliphatic heterocycles. The normalized spacial score (nSPS) is 13.8. The molecule has 0 bridgehead atoms. The molecule has 2 aromatic rings. The summed E-state index contributed by atoms with van der Waals surface area (Å²) in [6.45, 7) is 1.45. The first-order valence-corrected chi connectivity index (χ1v) is 6.67. The summed E-state index contributed by atoms with van der Waals surface area (Å²) in [5.74, 6) is 1.56. The molecule has 6 heteroatoms. The van der Waals surface area contributed by atoms with Gasteiger partial charge in [-0.05, 0) is 29.7 Å². The summed E-state index contributed by atoms with van der Waals surface area (Å²) in [4.78, 5) is 10.1. The van der Waals surface area contributed by atoms with Crippen LogP contribution < -0.4 is 14.4 Å². The Labute approximate surface area is 122 Å². The van der Waals surface area contributed by atoms with Gasteiger partial charge in [0.25, 0.3) is 0 Å². The molecular weight excluding hydrogens is 273 g/mol. The minimum absolute atomic E-state index is 0.428. The number of aromatic nitrogens is 2. The fourth-order valence-corrected chi connectivity index (χ4v) is 2.52. The minimum Gasteiger partial charge on any atom is -0.493 e. The molecule has 0 saturated heterocycles. The average Bonchev–Trinajstić information content (AvgIpc) is 2.53. The summed E-state index contributed by atoms with van der Waals surface area (Å²) in [5, 5.41) is 0. The third kappa shape index (κ3) is 2.61. The van der Waals surface area contributed by atoms with E-state index in [0.29, 0.717) is 18.2 Å². The second-order valence-electron chi connectivity index (χ2n) is 4.85. The number of anilines is 1. The largest absolute Gasteiger partial charge is 0.493 e. The number of methoxy groups -OCH3 is 2. The number of halogens is 1. The van der Waals surface area contributed by atoms with E-state index in [0.717, 1.165) is 24.3 Å². The number of hydrogen-bond acceptors (Lipinski definition) is 5. The fourth-order valence-electron chi connectivity index (χ4n) is 2.52. The van der Waals surface area contributed by atoms with Crippen molar-refractivity contribution in [1.29, 1.82) is 0 Å². The van der Waals surface area contributed by atoms with Crippen LogP contribution in [0.15, 0.2) is 24.5 Å². The Morgan fingerprint density at radius 1 is 1.05 bits per heavy atom. The predicted octanol–water partition coefficient (Wildman–Crippen LogP) is 2.20. The monoisotopic (exact) mass is 289 g/mol. The number of benzene rings is 1. The Balaban J connectivity index is 1.89. The number of rotatable bonds is 3. The maximum absolute atomic E-state index is 12.9. The van der Waals surface area contributed by atoms with Crippen molar-refractivity contribution in [2.45, 2.75) is 13.0 Å². The molecule has 5 nitrogen and oxygen atoms in total. The van der Waals surface area contributed by atoms with Crippen LogP contribution in [-0.4, -0.2) is 30.7 Å². The third-order valence-electron chi connectivity index (χ3n) is 3.61. The molecule has 0 fully saturated rings. The van der Waals surface area contributed by atoms with Crippen molar-refractivity contribution in [1.82, 2.24) is 9.97 Å². The highest BCUT2D eigenvalue weighted by molar-refractivity contribution is 5.50. The van der Waals surface area contributed by atoms with Crippen molar-refractivity contribution in [2.24, 2.45) is 0 Å². The molecule has 0 aliphatic carbocycles. The van der Waals surface area contributed by atoms with Crippen molar-refractivity contribution in [3.05, 3.63) is 41.5 Å². The summed E-state index contributed by atoms with van der Waals surface area (Å²) in [6, 6.07) is 3.99. The second kappa shape index (κ2) is 5.55.